The summed E-state index contributed by atoms with van der Waals surface area (Å²) in [6, 6.07) is 3.40. The van der Waals surface area contributed by atoms with Crippen molar-refractivity contribution in [1.29, 1.82) is 0 Å². The van der Waals surface area contributed by atoms with Gasteiger partial charge in [-0.05, 0) is 18.4 Å². The van der Waals surface area contributed by atoms with Crippen molar-refractivity contribution in [2.75, 3.05) is 27.3 Å². The molecule has 1 amide bonds. The third-order valence-electron chi connectivity index (χ3n) is 4.57. The lowest BCUT2D eigenvalue weighted by Crippen LogP contribution is -2.51. The lowest BCUT2D eigenvalue weighted by Gasteiger charge is -2.40. The van der Waals surface area contributed by atoms with Crippen molar-refractivity contribution in [3.63, 3.8) is 0 Å². The number of hydrogen-bond acceptors (Lipinski definition) is 5. The minimum absolute atomic E-state index is 0.0526. The summed E-state index contributed by atoms with van der Waals surface area (Å²) in [7, 11) is 3.05. The first kappa shape index (κ1) is 19.5. The quantitative estimate of drug-likeness (QED) is 0.756. The number of unbranched alkanes of at least 4 members (excludes halogenated alkanes) is 1. The molecule has 0 radical (unpaired) electrons. The van der Waals surface area contributed by atoms with Crippen molar-refractivity contribution in [1.82, 2.24) is 9.88 Å². The van der Waals surface area contributed by atoms with Crippen LogP contribution in [0, 0.1) is 5.92 Å². The van der Waals surface area contributed by atoms with Gasteiger partial charge in [0.1, 0.15) is 5.56 Å². The molecular weight excluding hydrogens is 320 g/mol. The SMILES string of the molecule is CCCC[C@@H]1CN(C(=O)c2ccc(OC)nc2OC)C[C@H](C(C)C)O1. The molecule has 2 heterocycles. The second-order valence-corrected chi connectivity index (χ2v) is 6.80. The number of morpholine rings is 1. The Balaban J connectivity index is 2.21. The van der Waals surface area contributed by atoms with Gasteiger partial charge in [0, 0.05) is 19.2 Å². The Morgan fingerprint density at radius 2 is 2.08 bits per heavy atom. The Kier molecular flexibility index (Phi) is 7.05. The number of methoxy groups -OCH3 is 2. The van der Waals surface area contributed by atoms with Gasteiger partial charge in [-0.15, -0.1) is 0 Å². The van der Waals surface area contributed by atoms with Crippen LogP contribution in [-0.2, 0) is 4.74 Å². The molecule has 1 aliphatic rings. The molecule has 1 fully saturated rings. The molecule has 6 heteroatoms. The predicted octanol–water partition coefficient (Wildman–Crippen LogP) is 3.15. The summed E-state index contributed by atoms with van der Waals surface area (Å²) in [5, 5.41) is 0. The molecule has 140 valence electrons. The molecule has 0 aliphatic carbocycles. The van der Waals surface area contributed by atoms with E-state index < -0.39 is 0 Å². The largest absolute Gasteiger partial charge is 0.481 e. The highest BCUT2D eigenvalue weighted by molar-refractivity contribution is 5.96. The van der Waals surface area contributed by atoms with E-state index >= 15 is 0 Å². The highest BCUT2D eigenvalue weighted by Crippen LogP contribution is 2.26. The van der Waals surface area contributed by atoms with Gasteiger partial charge in [-0.3, -0.25) is 4.79 Å². The van der Waals surface area contributed by atoms with Crippen LogP contribution in [0.3, 0.4) is 0 Å². The van der Waals surface area contributed by atoms with Gasteiger partial charge in [0.15, 0.2) is 0 Å². The Morgan fingerprint density at radius 1 is 1.32 bits per heavy atom. The Morgan fingerprint density at radius 3 is 2.68 bits per heavy atom. The number of rotatable bonds is 7. The van der Waals surface area contributed by atoms with Crippen molar-refractivity contribution in [3.8, 4) is 11.8 Å². The first-order valence-corrected chi connectivity index (χ1v) is 9.03. The summed E-state index contributed by atoms with van der Waals surface area (Å²) in [5.74, 6) is 1.01. The highest BCUT2D eigenvalue weighted by Gasteiger charge is 2.33. The number of nitrogens with zero attached hydrogens (tertiary/aromatic N) is 2. The van der Waals surface area contributed by atoms with E-state index in [0.29, 0.717) is 36.3 Å². The van der Waals surface area contributed by atoms with Crippen molar-refractivity contribution in [2.24, 2.45) is 5.92 Å². The molecule has 2 atom stereocenters. The van der Waals surface area contributed by atoms with Crippen molar-refractivity contribution < 1.29 is 19.0 Å². The van der Waals surface area contributed by atoms with Crippen molar-refractivity contribution in [2.45, 2.75) is 52.2 Å². The van der Waals surface area contributed by atoms with E-state index in [1.165, 1.54) is 14.2 Å². The summed E-state index contributed by atoms with van der Waals surface area (Å²) in [4.78, 5) is 19.2. The van der Waals surface area contributed by atoms with E-state index in [2.05, 4.69) is 25.8 Å². The van der Waals surface area contributed by atoms with Crippen molar-refractivity contribution in [3.05, 3.63) is 17.7 Å². The van der Waals surface area contributed by atoms with E-state index in [0.717, 1.165) is 19.3 Å². The van der Waals surface area contributed by atoms with Gasteiger partial charge >= 0.3 is 0 Å². The zero-order valence-corrected chi connectivity index (χ0v) is 15.9. The Labute approximate surface area is 150 Å². The number of hydrogen-bond donors (Lipinski definition) is 0. The Bertz CT molecular complexity index is 577. The maximum absolute atomic E-state index is 13.1. The molecule has 0 saturated carbocycles. The van der Waals surface area contributed by atoms with Crippen LogP contribution in [-0.4, -0.2) is 55.3 Å². The molecule has 0 N–H and O–H groups in total. The summed E-state index contributed by atoms with van der Waals surface area (Å²) in [6.45, 7) is 7.63. The van der Waals surface area contributed by atoms with E-state index in [-0.39, 0.29) is 18.1 Å². The lowest BCUT2D eigenvalue weighted by molar-refractivity contribution is -0.0963. The van der Waals surface area contributed by atoms with Crippen LogP contribution in [0.2, 0.25) is 0 Å². The number of carbonyl (C=O) groups is 1. The zero-order valence-electron chi connectivity index (χ0n) is 15.9. The molecule has 0 aromatic carbocycles. The second kappa shape index (κ2) is 9.04. The fraction of sp³-hybridized carbons (Fsp3) is 0.684. The molecule has 1 aromatic heterocycles. The molecule has 6 nitrogen and oxygen atoms in total. The van der Waals surface area contributed by atoms with Crippen LogP contribution in [0.25, 0.3) is 0 Å². The fourth-order valence-electron chi connectivity index (χ4n) is 3.02. The first-order valence-electron chi connectivity index (χ1n) is 9.03. The van der Waals surface area contributed by atoms with Crippen LogP contribution in [0.15, 0.2) is 12.1 Å². The van der Waals surface area contributed by atoms with E-state index in [1.807, 2.05) is 4.90 Å². The van der Waals surface area contributed by atoms with Gasteiger partial charge in [0.2, 0.25) is 11.8 Å². The number of carbonyl (C=O) groups excluding carboxylic acids is 1. The topological polar surface area (TPSA) is 60.9 Å². The van der Waals surface area contributed by atoms with Gasteiger partial charge in [-0.2, -0.15) is 4.98 Å². The number of pyridine rings is 1. The third kappa shape index (κ3) is 4.84. The van der Waals surface area contributed by atoms with Crippen molar-refractivity contribution >= 4 is 5.91 Å². The van der Waals surface area contributed by atoms with Crippen LogP contribution in [0.1, 0.15) is 50.4 Å². The summed E-state index contributed by atoms with van der Waals surface area (Å²) < 4.78 is 16.6. The molecule has 1 saturated heterocycles. The third-order valence-corrected chi connectivity index (χ3v) is 4.57. The Hall–Kier alpha value is -1.82. The van der Waals surface area contributed by atoms with E-state index in [1.54, 1.807) is 12.1 Å². The highest BCUT2D eigenvalue weighted by atomic mass is 16.5. The van der Waals surface area contributed by atoms with Gasteiger partial charge in [0.05, 0.1) is 26.4 Å². The van der Waals surface area contributed by atoms with E-state index in [4.69, 9.17) is 14.2 Å². The average molecular weight is 350 g/mol. The molecule has 1 aromatic rings. The predicted molar refractivity (Wildman–Crippen MR) is 96.3 cm³/mol. The molecule has 0 spiro atoms. The van der Waals surface area contributed by atoms with E-state index in [9.17, 15) is 4.79 Å². The molecule has 2 rings (SSSR count). The standard InChI is InChI=1S/C19H30N2O4/c1-6-7-8-14-11-21(12-16(25-14)13(2)3)19(22)15-9-10-17(23-4)20-18(15)24-5/h9-10,13-14,16H,6-8,11-12H2,1-5H3/t14-,16-/m1/s1. The number of aromatic nitrogens is 1. The maximum atomic E-state index is 13.1. The second-order valence-electron chi connectivity index (χ2n) is 6.80. The van der Waals surface area contributed by atoms with Crippen LogP contribution >= 0.6 is 0 Å². The summed E-state index contributed by atoms with van der Waals surface area (Å²) in [6.07, 6.45) is 3.34. The minimum atomic E-state index is -0.0672. The monoisotopic (exact) mass is 350 g/mol. The number of amides is 1. The first-order chi connectivity index (χ1) is 12.0. The molecular formula is C19H30N2O4. The number of ether oxygens (including phenoxy) is 3. The minimum Gasteiger partial charge on any atom is -0.481 e. The molecule has 0 unspecified atom stereocenters. The lowest BCUT2D eigenvalue weighted by atomic mass is 10.0. The van der Waals surface area contributed by atoms with Gasteiger partial charge in [-0.25, -0.2) is 0 Å². The molecule has 1 aliphatic heterocycles. The maximum Gasteiger partial charge on any atom is 0.259 e. The van der Waals surface area contributed by atoms with Gasteiger partial charge in [0.25, 0.3) is 5.91 Å². The van der Waals surface area contributed by atoms with Gasteiger partial charge in [-0.1, -0.05) is 33.6 Å². The fourth-order valence-corrected chi connectivity index (χ4v) is 3.02. The van der Waals surface area contributed by atoms with Crippen LogP contribution < -0.4 is 9.47 Å². The summed E-state index contributed by atoms with van der Waals surface area (Å²) >= 11 is 0. The van der Waals surface area contributed by atoms with Gasteiger partial charge < -0.3 is 19.1 Å². The molecule has 25 heavy (non-hydrogen) atoms. The molecule has 0 bridgehead atoms. The zero-order chi connectivity index (χ0) is 18.4. The van der Waals surface area contributed by atoms with Crippen LogP contribution in [0.5, 0.6) is 11.8 Å². The average Bonchev–Trinajstić information content (AvgIpc) is 2.64. The normalized spacial score (nSPS) is 20.6. The summed E-state index contributed by atoms with van der Waals surface area (Å²) in [5.41, 5.74) is 0.460. The smallest absolute Gasteiger partial charge is 0.259 e. The van der Waals surface area contributed by atoms with Crippen LogP contribution in [0.4, 0.5) is 0 Å².